The van der Waals surface area contributed by atoms with E-state index in [4.69, 9.17) is 11.6 Å². The number of nitrogens with zero attached hydrogens (tertiary/aromatic N) is 3. The maximum Gasteiger partial charge on any atom is 0.338 e. The molecule has 2 heterocycles. The summed E-state index contributed by atoms with van der Waals surface area (Å²) in [4.78, 5) is 15.6. The highest BCUT2D eigenvalue weighted by Gasteiger charge is 2.09. The van der Waals surface area contributed by atoms with Crippen LogP contribution in [0.2, 0.25) is 5.15 Å². The number of methoxy groups -OCH3 is 1. The number of carbonyl (C=O) groups is 1. The Balaban J connectivity index is 1.98. The molecule has 20 heavy (non-hydrogen) atoms. The molecule has 2 aromatic rings. The first-order valence-electron chi connectivity index (χ1n) is 6.07. The summed E-state index contributed by atoms with van der Waals surface area (Å²) in [5.41, 5.74) is 1.35. The van der Waals surface area contributed by atoms with Crippen molar-refractivity contribution in [3.63, 3.8) is 0 Å². The minimum atomic E-state index is -0.443. The van der Waals surface area contributed by atoms with E-state index < -0.39 is 5.97 Å². The maximum atomic E-state index is 11.5. The number of aryl methyl sites for hydroxylation is 1. The van der Waals surface area contributed by atoms with Gasteiger partial charge >= 0.3 is 5.97 Å². The van der Waals surface area contributed by atoms with E-state index in [0.29, 0.717) is 17.9 Å². The molecule has 0 aliphatic carbocycles. The highest BCUT2D eigenvalue weighted by molar-refractivity contribution is 6.29. The Labute approximate surface area is 121 Å². The number of hydrogen-bond acceptors (Lipinski definition) is 5. The van der Waals surface area contributed by atoms with Gasteiger partial charge in [-0.15, -0.1) is 0 Å². The molecule has 0 fully saturated rings. The Bertz CT molecular complexity index is 612. The number of halogens is 1. The molecule has 0 unspecified atom stereocenters. The van der Waals surface area contributed by atoms with Crippen molar-refractivity contribution in [2.75, 3.05) is 19.0 Å². The molecule has 0 radical (unpaired) electrons. The van der Waals surface area contributed by atoms with Gasteiger partial charge in [0.1, 0.15) is 11.0 Å². The van der Waals surface area contributed by atoms with Crippen LogP contribution in [-0.4, -0.2) is 34.4 Å². The van der Waals surface area contributed by atoms with Crippen LogP contribution in [0, 0.1) is 0 Å². The zero-order valence-corrected chi connectivity index (χ0v) is 12.0. The number of esters is 1. The van der Waals surface area contributed by atoms with Gasteiger partial charge in [-0.05, 0) is 18.2 Å². The van der Waals surface area contributed by atoms with Crippen LogP contribution >= 0.6 is 11.6 Å². The second-order valence-electron chi connectivity index (χ2n) is 4.21. The van der Waals surface area contributed by atoms with Crippen LogP contribution in [0.1, 0.15) is 16.1 Å². The second kappa shape index (κ2) is 6.38. The van der Waals surface area contributed by atoms with E-state index in [0.717, 1.165) is 12.1 Å². The topological polar surface area (TPSA) is 69.0 Å². The van der Waals surface area contributed by atoms with E-state index >= 15 is 0 Å². The molecule has 1 N–H and O–H groups in total. The third-order valence-electron chi connectivity index (χ3n) is 2.67. The first-order chi connectivity index (χ1) is 9.58. The Hall–Kier alpha value is -2.08. The Morgan fingerprint density at radius 1 is 1.50 bits per heavy atom. The smallest absolute Gasteiger partial charge is 0.338 e. The van der Waals surface area contributed by atoms with Crippen molar-refractivity contribution in [2.45, 2.75) is 6.42 Å². The summed E-state index contributed by atoms with van der Waals surface area (Å²) < 4.78 is 6.41. The van der Waals surface area contributed by atoms with E-state index in [9.17, 15) is 4.79 Å². The number of anilines is 1. The summed E-state index contributed by atoms with van der Waals surface area (Å²) in [6.45, 7) is 0.644. The van der Waals surface area contributed by atoms with Crippen LogP contribution < -0.4 is 5.32 Å². The van der Waals surface area contributed by atoms with Gasteiger partial charge in [0.25, 0.3) is 0 Å². The van der Waals surface area contributed by atoms with E-state index in [2.05, 4.69) is 20.1 Å². The number of aromatic nitrogens is 3. The van der Waals surface area contributed by atoms with Crippen LogP contribution in [0.3, 0.4) is 0 Å². The average molecular weight is 295 g/mol. The van der Waals surface area contributed by atoms with Gasteiger partial charge in [-0.25, -0.2) is 9.78 Å². The lowest BCUT2D eigenvalue weighted by atomic mass is 10.2. The number of rotatable bonds is 5. The zero-order chi connectivity index (χ0) is 14.5. The van der Waals surface area contributed by atoms with Crippen molar-refractivity contribution >= 4 is 23.4 Å². The Morgan fingerprint density at radius 3 is 2.95 bits per heavy atom. The number of carbonyl (C=O) groups excluding carboxylic acids is 1. The van der Waals surface area contributed by atoms with Gasteiger partial charge in [-0.2, -0.15) is 5.10 Å². The third-order valence-corrected chi connectivity index (χ3v) is 2.86. The fourth-order valence-corrected chi connectivity index (χ4v) is 1.95. The Morgan fingerprint density at radius 2 is 2.30 bits per heavy atom. The predicted molar refractivity (Wildman–Crippen MR) is 76.0 cm³/mol. The number of nitrogens with one attached hydrogen (secondary N) is 1. The average Bonchev–Trinajstić information content (AvgIpc) is 2.83. The minimum Gasteiger partial charge on any atom is -0.465 e. The van der Waals surface area contributed by atoms with Gasteiger partial charge in [0.2, 0.25) is 0 Å². The minimum absolute atomic E-state index is 0.244. The van der Waals surface area contributed by atoms with Gasteiger partial charge < -0.3 is 10.1 Å². The molecule has 0 amide bonds. The molecule has 6 nitrogen and oxygen atoms in total. The van der Waals surface area contributed by atoms with Crippen LogP contribution in [-0.2, 0) is 18.2 Å². The van der Waals surface area contributed by atoms with Crippen molar-refractivity contribution in [1.82, 2.24) is 14.8 Å². The molecule has 0 aliphatic heterocycles. The number of pyridine rings is 1. The van der Waals surface area contributed by atoms with E-state index in [1.165, 1.54) is 13.2 Å². The third kappa shape index (κ3) is 3.71. The molecule has 0 saturated carbocycles. The van der Waals surface area contributed by atoms with Gasteiger partial charge in [-0.1, -0.05) is 11.6 Å². The molecule has 0 aliphatic rings. The van der Waals surface area contributed by atoms with Crippen LogP contribution in [0.4, 0.5) is 5.82 Å². The lowest BCUT2D eigenvalue weighted by Gasteiger charge is -2.07. The fourth-order valence-electron chi connectivity index (χ4n) is 1.74. The van der Waals surface area contributed by atoms with E-state index in [1.54, 1.807) is 10.7 Å². The maximum absolute atomic E-state index is 11.5. The summed E-state index contributed by atoms with van der Waals surface area (Å²) >= 11 is 5.88. The van der Waals surface area contributed by atoms with Crippen LogP contribution in [0.15, 0.2) is 24.4 Å². The monoisotopic (exact) mass is 294 g/mol. The van der Waals surface area contributed by atoms with Crippen molar-refractivity contribution in [2.24, 2.45) is 7.05 Å². The molecule has 7 heteroatoms. The second-order valence-corrected chi connectivity index (χ2v) is 4.60. The normalized spacial score (nSPS) is 10.3. The van der Waals surface area contributed by atoms with Gasteiger partial charge in [0.15, 0.2) is 0 Å². The van der Waals surface area contributed by atoms with Gasteiger partial charge in [0.05, 0.1) is 18.4 Å². The first kappa shape index (κ1) is 14.3. The van der Waals surface area contributed by atoms with Crippen LogP contribution in [0.25, 0.3) is 0 Å². The number of ether oxygens (including phenoxy) is 1. The predicted octanol–water partition coefficient (Wildman–Crippen LogP) is 1.91. The molecule has 2 aromatic heterocycles. The molecule has 0 spiro atoms. The summed E-state index contributed by atoms with van der Waals surface area (Å²) in [5.74, 6) is 0.0934. The summed E-state index contributed by atoms with van der Waals surface area (Å²) in [7, 11) is 3.20. The Kier molecular flexibility index (Phi) is 4.57. The highest BCUT2D eigenvalue weighted by atomic mass is 35.5. The molecule has 0 aromatic carbocycles. The molecule has 2 rings (SSSR count). The summed E-state index contributed by atoms with van der Waals surface area (Å²) in [5, 5.41) is 7.63. The quantitative estimate of drug-likeness (QED) is 0.674. The molecular weight excluding hydrogens is 280 g/mol. The first-order valence-corrected chi connectivity index (χ1v) is 6.44. The summed E-state index contributed by atoms with van der Waals surface area (Å²) in [6.07, 6.45) is 2.64. The van der Waals surface area contributed by atoms with Gasteiger partial charge in [0, 0.05) is 26.2 Å². The van der Waals surface area contributed by atoms with Crippen molar-refractivity contribution < 1.29 is 9.53 Å². The molecule has 106 valence electrons. The lowest BCUT2D eigenvalue weighted by Crippen LogP contribution is -2.09. The van der Waals surface area contributed by atoms with E-state index in [1.807, 2.05) is 19.3 Å². The molecular formula is C13H15ClN4O2. The standard InChI is InChI=1S/C13H15ClN4O2/c1-18-6-4-10(17-18)3-5-15-12-8-9(13(19)20-2)7-11(14)16-12/h4,6-8H,3,5H2,1-2H3,(H,15,16). The highest BCUT2D eigenvalue weighted by Crippen LogP contribution is 2.15. The lowest BCUT2D eigenvalue weighted by molar-refractivity contribution is 0.0600. The van der Waals surface area contributed by atoms with Crippen molar-refractivity contribution in [1.29, 1.82) is 0 Å². The summed E-state index contributed by atoms with van der Waals surface area (Å²) in [6, 6.07) is 5.03. The largest absolute Gasteiger partial charge is 0.465 e. The van der Waals surface area contributed by atoms with E-state index in [-0.39, 0.29) is 5.15 Å². The fraction of sp³-hybridized carbons (Fsp3) is 0.308. The van der Waals surface area contributed by atoms with Gasteiger partial charge in [-0.3, -0.25) is 4.68 Å². The SMILES string of the molecule is COC(=O)c1cc(Cl)nc(NCCc2ccn(C)n2)c1. The van der Waals surface area contributed by atoms with Crippen molar-refractivity contribution in [3.05, 3.63) is 40.8 Å². The zero-order valence-electron chi connectivity index (χ0n) is 11.3. The van der Waals surface area contributed by atoms with Crippen molar-refractivity contribution in [3.8, 4) is 0 Å². The van der Waals surface area contributed by atoms with Crippen LogP contribution in [0.5, 0.6) is 0 Å². The molecule has 0 saturated heterocycles. The number of hydrogen-bond donors (Lipinski definition) is 1. The molecule has 0 atom stereocenters. The molecule has 0 bridgehead atoms.